The number of nitrogens with zero attached hydrogens (tertiary/aromatic N) is 3. The molecule has 0 N–H and O–H groups in total. The van der Waals surface area contributed by atoms with Crippen molar-refractivity contribution in [3.05, 3.63) is 36.0 Å². The third-order valence-corrected chi connectivity index (χ3v) is 2.97. The van der Waals surface area contributed by atoms with Crippen LogP contribution in [0.5, 0.6) is 5.95 Å². The van der Waals surface area contributed by atoms with Crippen molar-refractivity contribution in [1.82, 2.24) is 10.2 Å². The van der Waals surface area contributed by atoms with Crippen LogP contribution in [0.15, 0.2) is 34.9 Å². The fourth-order valence-corrected chi connectivity index (χ4v) is 1.89. The molecule has 0 unspecified atom stereocenters. The zero-order valence-corrected chi connectivity index (χ0v) is 11.6. The molecule has 0 aliphatic heterocycles. The van der Waals surface area contributed by atoms with Gasteiger partial charge in [-0.1, -0.05) is 25.1 Å². The molecular weight excluding hydrogens is 258 g/mol. The van der Waals surface area contributed by atoms with Crippen molar-refractivity contribution in [3.63, 3.8) is 0 Å². The highest BCUT2D eigenvalue weighted by molar-refractivity contribution is 5.75. The average molecular weight is 275 g/mol. The molecule has 0 atom stereocenters. The molecule has 0 aliphatic rings. The molecule has 1 heterocycles. The highest BCUT2D eigenvalue weighted by Crippen LogP contribution is 2.13. The number of amides is 1. The standard InChI is InChI=1S/C14H17N3O3/c1-3-7-13(18)16(2)10-12-14(19)20-15-17(12)11-8-5-4-6-9-11/h4-6,8-9H,3,7,10H2,1-2H3. The largest absolute Gasteiger partial charge is 0.539 e. The van der Waals surface area contributed by atoms with E-state index >= 15 is 0 Å². The van der Waals surface area contributed by atoms with Gasteiger partial charge in [-0.3, -0.25) is 4.79 Å². The Bertz CT molecular complexity index is 581. The zero-order valence-electron chi connectivity index (χ0n) is 11.6. The number of para-hydroxylation sites is 1. The van der Waals surface area contributed by atoms with E-state index in [1.807, 2.05) is 37.3 Å². The topological polar surface area (TPSA) is 73.3 Å². The second-order valence-corrected chi connectivity index (χ2v) is 4.55. The predicted octanol–water partition coefficient (Wildman–Crippen LogP) is 0.783. The van der Waals surface area contributed by atoms with Gasteiger partial charge in [0, 0.05) is 25.6 Å². The van der Waals surface area contributed by atoms with Crippen molar-refractivity contribution in [2.45, 2.75) is 26.3 Å². The number of benzene rings is 1. The van der Waals surface area contributed by atoms with Crippen LogP contribution in [-0.2, 0) is 11.3 Å². The molecule has 0 saturated heterocycles. The second kappa shape index (κ2) is 6.18. The number of hydrogen-bond acceptors (Lipinski definition) is 4. The number of carbonyl (C=O) groups excluding carboxylic acids is 1. The van der Waals surface area contributed by atoms with Gasteiger partial charge in [-0.2, -0.15) is 0 Å². The Morgan fingerprint density at radius 1 is 1.40 bits per heavy atom. The summed E-state index contributed by atoms with van der Waals surface area (Å²) in [5.74, 6) is -0.530. The molecule has 0 saturated carbocycles. The van der Waals surface area contributed by atoms with Crippen molar-refractivity contribution in [2.75, 3.05) is 7.05 Å². The number of carbonyl (C=O) groups is 1. The third kappa shape index (κ3) is 2.96. The van der Waals surface area contributed by atoms with Gasteiger partial charge in [-0.15, -0.1) is 0 Å². The monoisotopic (exact) mass is 275 g/mol. The molecule has 0 aliphatic carbocycles. The van der Waals surface area contributed by atoms with Crippen LogP contribution in [0.1, 0.15) is 25.5 Å². The lowest BCUT2D eigenvalue weighted by Gasteiger charge is -2.14. The van der Waals surface area contributed by atoms with Gasteiger partial charge in [0.15, 0.2) is 5.95 Å². The van der Waals surface area contributed by atoms with Crippen LogP contribution < -0.4 is 9.79 Å². The van der Waals surface area contributed by atoms with Gasteiger partial charge in [-0.25, -0.2) is 0 Å². The van der Waals surface area contributed by atoms with Gasteiger partial charge < -0.3 is 14.5 Å². The zero-order chi connectivity index (χ0) is 14.5. The van der Waals surface area contributed by atoms with Crippen LogP contribution in [0.3, 0.4) is 0 Å². The lowest BCUT2D eigenvalue weighted by molar-refractivity contribution is -0.678. The summed E-state index contributed by atoms with van der Waals surface area (Å²) in [6.45, 7) is 2.12. The Morgan fingerprint density at radius 3 is 2.75 bits per heavy atom. The SMILES string of the molecule is CCCC(=O)N(C)Cc1c([O-])on[n+]1-c1ccccc1. The van der Waals surface area contributed by atoms with Crippen molar-refractivity contribution < 1.29 is 19.1 Å². The normalized spacial score (nSPS) is 10.5. The first-order chi connectivity index (χ1) is 9.63. The molecule has 0 fully saturated rings. The van der Waals surface area contributed by atoms with Crippen LogP contribution in [-0.4, -0.2) is 23.1 Å². The van der Waals surface area contributed by atoms with E-state index in [2.05, 4.69) is 5.27 Å². The fourth-order valence-electron chi connectivity index (χ4n) is 1.89. The van der Waals surface area contributed by atoms with Gasteiger partial charge >= 0.3 is 0 Å². The molecule has 0 bridgehead atoms. The van der Waals surface area contributed by atoms with Crippen molar-refractivity contribution in [1.29, 1.82) is 0 Å². The highest BCUT2D eigenvalue weighted by atomic mass is 16.6. The van der Waals surface area contributed by atoms with E-state index in [0.717, 1.165) is 12.1 Å². The Balaban J connectivity index is 2.24. The minimum Gasteiger partial charge on any atom is -0.539 e. The Labute approximate surface area is 117 Å². The van der Waals surface area contributed by atoms with Crippen molar-refractivity contribution in [2.24, 2.45) is 0 Å². The molecule has 106 valence electrons. The first-order valence-corrected chi connectivity index (χ1v) is 6.50. The van der Waals surface area contributed by atoms with Crippen LogP contribution in [0.4, 0.5) is 0 Å². The summed E-state index contributed by atoms with van der Waals surface area (Å²) in [5, 5.41) is 15.5. The molecule has 0 radical (unpaired) electrons. The number of aromatic nitrogens is 2. The van der Waals surface area contributed by atoms with Gasteiger partial charge in [-0.05, 0) is 11.1 Å². The molecular formula is C14H17N3O3. The van der Waals surface area contributed by atoms with Gasteiger partial charge in [0.1, 0.15) is 6.54 Å². The Hall–Kier alpha value is -2.37. The molecule has 2 aromatic rings. The maximum Gasteiger partial charge on any atom is 0.259 e. The highest BCUT2D eigenvalue weighted by Gasteiger charge is 2.23. The van der Waals surface area contributed by atoms with E-state index in [1.165, 1.54) is 9.58 Å². The second-order valence-electron chi connectivity index (χ2n) is 4.55. The summed E-state index contributed by atoms with van der Waals surface area (Å²) in [6.07, 6.45) is 1.23. The van der Waals surface area contributed by atoms with Gasteiger partial charge in [0.25, 0.3) is 5.69 Å². The smallest absolute Gasteiger partial charge is 0.259 e. The summed E-state index contributed by atoms with van der Waals surface area (Å²) < 4.78 is 6.14. The summed E-state index contributed by atoms with van der Waals surface area (Å²) in [6, 6.07) is 9.20. The van der Waals surface area contributed by atoms with Crippen molar-refractivity contribution in [3.8, 4) is 11.6 Å². The first kappa shape index (κ1) is 14.0. The summed E-state index contributed by atoms with van der Waals surface area (Å²) >= 11 is 0. The summed E-state index contributed by atoms with van der Waals surface area (Å²) in [5.41, 5.74) is 1.06. The van der Waals surface area contributed by atoms with E-state index in [1.54, 1.807) is 7.05 Å². The van der Waals surface area contributed by atoms with Crippen LogP contribution in [0.2, 0.25) is 0 Å². The van der Waals surface area contributed by atoms with E-state index in [0.29, 0.717) is 12.1 Å². The number of hydrogen-bond donors (Lipinski definition) is 0. The van der Waals surface area contributed by atoms with Crippen molar-refractivity contribution >= 4 is 5.91 Å². The molecule has 6 heteroatoms. The lowest BCUT2D eigenvalue weighted by Crippen LogP contribution is -2.40. The molecule has 2 rings (SSSR count). The maximum absolute atomic E-state index is 11.8. The maximum atomic E-state index is 11.8. The van der Waals surface area contributed by atoms with Crippen LogP contribution in [0, 0.1) is 0 Å². The molecule has 1 aromatic carbocycles. The summed E-state index contributed by atoms with van der Waals surface area (Å²) in [4.78, 5) is 13.3. The Morgan fingerprint density at radius 2 is 2.10 bits per heavy atom. The van der Waals surface area contributed by atoms with Gasteiger partial charge in [0.05, 0.1) is 5.27 Å². The molecule has 1 amide bonds. The Kier molecular flexibility index (Phi) is 4.34. The molecule has 6 nitrogen and oxygen atoms in total. The quantitative estimate of drug-likeness (QED) is 0.756. The van der Waals surface area contributed by atoms with E-state index in [9.17, 15) is 9.90 Å². The van der Waals surface area contributed by atoms with E-state index < -0.39 is 5.95 Å². The average Bonchev–Trinajstić information content (AvgIpc) is 2.81. The molecule has 0 spiro atoms. The van der Waals surface area contributed by atoms with E-state index in [4.69, 9.17) is 4.52 Å². The van der Waals surface area contributed by atoms with E-state index in [-0.39, 0.29) is 12.5 Å². The molecule has 1 aromatic heterocycles. The minimum atomic E-state index is -0.523. The lowest BCUT2D eigenvalue weighted by atomic mass is 10.3. The predicted molar refractivity (Wildman–Crippen MR) is 68.9 cm³/mol. The number of rotatable bonds is 5. The minimum absolute atomic E-state index is 0.00675. The third-order valence-electron chi connectivity index (χ3n) is 2.97. The first-order valence-electron chi connectivity index (χ1n) is 6.50. The van der Waals surface area contributed by atoms with Crippen LogP contribution in [0.25, 0.3) is 5.69 Å². The van der Waals surface area contributed by atoms with Gasteiger partial charge in [0.2, 0.25) is 11.6 Å². The van der Waals surface area contributed by atoms with Crippen LogP contribution >= 0.6 is 0 Å². The fraction of sp³-hybridized carbons (Fsp3) is 0.357. The molecule has 20 heavy (non-hydrogen) atoms. The summed E-state index contributed by atoms with van der Waals surface area (Å²) in [7, 11) is 1.67.